The van der Waals surface area contributed by atoms with Crippen molar-refractivity contribution in [1.82, 2.24) is 5.06 Å². The van der Waals surface area contributed by atoms with Crippen LogP contribution in [0.1, 0.15) is 60.5 Å². The highest BCUT2D eigenvalue weighted by molar-refractivity contribution is 6.35. The SMILES string of the molecule is CC.CC.CCC(C(N)=O)N(O)CC.CCc1ccc(Cl)cc1Cl. The van der Waals surface area contributed by atoms with Gasteiger partial charge in [0.15, 0.2) is 0 Å². The highest BCUT2D eigenvalue weighted by Gasteiger charge is 2.17. The molecule has 0 saturated carbocycles. The smallest absolute Gasteiger partial charge is 0.237 e. The van der Waals surface area contributed by atoms with Gasteiger partial charge in [0.1, 0.15) is 6.04 Å². The van der Waals surface area contributed by atoms with E-state index >= 15 is 0 Å². The number of benzene rings is 1. The summed E-state index contributed by atoms with van der Waals surface area (Å²) in [6.07, 6.45) is 1.50. The van der Waals surface area contributed by atoms with E-state index in [1.54, 1.807) is 19.9 Å². The number of likely N-dealkylation sites (N-methyl/N-ethyl adjacent to an activating group) is 1. The molecule has 1 aromatic rings. The molecule has 6 heteroatoms. The molecule has 24 heavy (non-hydrogen) atoms. The summed E-state index contributed by atoms with van der Waals surface area (Å²) in [5, 5.41) is 11.4. The summed E-state index contributed by atoms with van der Waals surface area (Å²) in [6.45, 7) is 14.0. The van der Waals surface area contributed by atoms with Crippen LogP contribution in [0, 0.1) is 0 Å². The van der Waals surface area contributed by atoms with Crippen LogP contribution in [-0.4, -0.2) is 28.8 Å². The number of nitrogens with zero attached hydrogens (tertiary/aromatic N) is 1. The van der Waals surface area contributed by atoms with Crippen molar-refractivity contribution in [1.29, 1.82) is 0 Å². The lowest BCUT2D eigenvalue weighted by atomic mass is 10.2. The fourth-order valence-corrected chi connectivity index (χ4v) is 2.13. The summed E-state index contributed by atoms with van der Waals surface area (Å²) in [7, 11) is 0. The van der Waals surface area contributed by atoms with Gasteiger partial charge in [0.05, 0.1) is 0 Å². The molecule has 0 aromatic heterocycles. The fourth-order valence-electron chi connectivity index (χ4n) is 1.59. The number of hydrogen-bond acceptors (Lipinski definition) is 3. The van der Waals surface area contributed by atoms with Gasteiger partial charge in [-0.15, -0.1) is 0 Å². The van der Waals surface area contributed by atoms with Gasteiger partial charge in [0.2, 0.25) is 5.91 Å². The predicted octanol–water partition coefficient (Wildman–Crippen LogP) is 5.57. The number of rotatable bonds is 5. The van der Waals surface area contributed by atoms with Gasteiger partial charge < -0.3 is 10.9 Å². The number of aryl methyl sites for hydroxylation is 1. The maximum Gasteiger partial charge on any atom is 0.237 e. The molecule has 1 unspecified atom stereocenters. The number of carbonyl (C=O) groups excluding carboxylic acids is 1. The van der Waals surface area contributed by atoms with Crippen LogP contribution >= 0.6 is 23.2 Å². The van der Waals surface area contributed by atoms with Gasteiger partial charge >= 0.3 is 0 Å². The highest BCUT2D eigenvalue weighted by atomic mass is 35.5. The molecule has 3 N–H and O–H groups in total. The van der Waals surface area contributed by atoms with Crippen molar-refractivity contribution in [3.05, 3.63) is 33.8 Å². The van der Waals surface area contributed by atoms with Crippen molar-refractivity contribution in [2.45, 2.75) is 67.3 Å². The second-order valence-corrected chi connectivity index (χ2v) is 5.02. The van der Waals surface area contributed by atoms with E-state index in [2.05, 4.69) is 6.92 Å². The summed E-state index contributed by atoms with van der Waals surface area (Å²) >= 11 is 11.5. The van der Waals surface area contributed by atoms with Crippen molar-refractivity contribution in [2.75, 3.05) is 6.54 Å². The number of carbonyl (C=O) groups is 1. The van der Waals surface area contributed by atoms with E-state index in [9.17, 15) is 4.79 Å². The third-order valence-corrected chi connectivity index (χ3v) is 3.38. The monoisotopic (exact) mass is 380 g/mol. The van der Waals surface area contributed by atoms with Crippen LogP contribution in [0.15, 0.2) is 18.2 Å². The van der Waals surface area contributed by atoms with E-state index < -0.39 is 11.9 Å². The Labute approximate surface area is 157 Å². The molecule has 1 atom stereocenters. The Balaban J connectivity index is -0.000000304. The largest absolute Gasteiger partial charge is 0.368 e. The lowest BCUT2D eigenvalue weighted by molar-refractivity contribution is -0.151. The van der Waals surface area contributed by atoms with Crippen LogP contribution in [0.5, 0.6) is 0 Å². The molecule has 142 valence electrons. The van der Waals surface area contributed by atoms with Crippen LogP contribution in [0.4, 0.5) is 0 Å². The minimum Gasteiger partial charge on any atom is -0.368 e. The van der Waals surface area contributed by atoms with E-state index in [0.29, 0.717) is 18.0 Å². The van der Waals surface area contributed by atoms with Crippen molar-refractivity contribution < 1.29 is 10.0 Å². The second kappa shape index (κ2) is 18.5. The highest BCUT2D eigenvalue weighted by Crippen LogP contribution is 2.20. The minimum absolute atomic E-state index is 0.418. The second-order valence-electron chi connectivity index (χ2n) is 4.17. The zero-order chi connectivity index (χ0) is 19.7. The topological polar surface area (TPSA) is 66.6 Å². The molecule has 1 aromatic carbocycles. The molecule has 1 rings (SSSR count). The maximum atomic E-state index is 10.6. The van der Waals surface area contributed by atoms with Crippen LogP contribution < -0.4 is 5.73 Å². The Hall–Kier alpha value is -0.810. The lowest BCUT2D eigenvalue weighted by Crippen LogP contribution is -2.42. The Morgan fingerprint density at radius 3 is 1.92 bits per heavy atom. The molecular formula is C18H34Cl2N2O2. The molecule has 0 aliphatic carbocycles. The third-order valence-electron chi connectivity index (χ3n) is 2.79. The standard InChI is InChI=1S/C8H8Cl2.C6H14N2O2.2C2H6/c1-2-6-3-4-7(9)5-8(6)10;1-3-5(6(7)9)8(10)4-2;2*1-2/h3-5H,2H2,1H3;5,10H,3-4H2,1-2H3,(H2,7,9);2*1-2H3. The molecule has 0 aliphatic heterocycles. The Kier molecular flexibility index (Phi) is 21.6. The fraction of sp³-hybridized carbons (Fsp3) is 0.611. The van der Waals surface area contributed by atoms with Gasteiger partial charge in [0, 0.05) is 16.6 Å². The maximum absolute atomic E-state index is 10.6. The number of amides is 1. The number of halogens is 2. The number of hydrogen-bond donors (Lipinski definition) is 2. The normalized spacial score (nSPS) is 10.3. The molecule has 0 heterocycles. The van der Waals surface area contributed by atoms with Crippen LogP contribution in [0.2, 0.25) is 10.0 Å². The quantitative estimate of drug-likeness (QED) is 0.655. The minimum atomic E-state index is -0.537. The molecule has 0 spiro atoms. The summed E-state index contributed by atoms with van der Waals surface area (Å²) in [4.78, 5) is 10.6. The van der Waals surface area contributed by atoms with E-state index in [0.717, 1.165) is 22.1 Å². The van der Waals surface area contributed by atoms with Gasteiger partial charge in [-0.3, -0.25) is 4.79 Å². The van der Waals surface area contributed by atoms with Crippen molar-refractivity contribution in [3.8, 4) is 0 Å². The van der Waals surface area contributed by atoms with Gasteiger partial charge in [-0.05, 0) is 30.5 Å². The van der Waals surface area contributed by atoms with Crippen LogP contribution in [0.3, 0.4) is 0 Å². The molecule has 0 radical (unpaired) electrons. The van der Waals surface area contributed by atoms with E-state index in [1.807, 2.05) is 39.8 Å². The van der Waals surface area contributed by atoms with Crippen molar-refractivity contribution in [3.63, 3.8) is 0 Å². The van der Waals surface area contributed by atoms with Gasteiger partial charge in [0.25, 0.3) is 0 Å². The summed E-state index contributed by atoms with van der Waals surface area (Å²) in [6, 6.07) is 5.03. The molecule has 4 nitrogen and oxygen atoms in total. The Morgan fingerprint density at radius 1 is 1.17 bits per heavy atom. The first-order valence-corrected chi connectivity index (χ1v) is 9.31. The zero-order valence-corrected chi connectivity index (χ0v) is 17.6. The van der Waals surface area contributed by atoms with Crippen molar-refractivity contribution in [2.24, 2.45) is 5.73 Å². The summed E-state index contributed by atoms with van der Waals surface area (Å²) in [5.74, 6) is -0.480. The van der Waals surface area contributed by atoms with E-state index in [-0.39, 0.29) is 0 Å². The van der Waals surface area contributed by atoms with Gasteiger partial charge in [-0.1, -0.05) is 77.7 Å². The van der Waals surface area contributed by atoms with Crippen LogP contribution in [-0.2, 0) is 11.2 Å². The molecule has 1 amide bonds. The van der Waals surface area contributed by atoms with Crippen molar-refractivity contribution >= 4 is 29.1 Å². The predicted molar refractivity (Wildman–Crippen MR) is 106 cm³/mol. The lowest BCUT2D eigenvalue weighted by Gasteiger charge is -2.19. The summed E-state index contributed by atoms with van der Waals surface area (Å²) < 4.78 is 0. The molecule has 0 bridgehead atoms. The average Bonchev–Trinajstić information content (AvgIpc) is 2.59. The average molecular weight is 381 g/mol. The first-order valence-electron chi connectivity index (χ1n) is 8.56. The zero-order valence-electron chi connectivity index (χ0n) is 16.1. The molecule has 0 saturated heterocycles. The first kappa shape index (κ1) is 28.0. The summed E-state index contributed by atoms with van der Waals surface area (Å²) in [5.41, 5.74) is 6.13. The van der Waals surface area contributed by atoms with Crippen LogP contribution in [0.25, 0.3) is 0 Å². The van der Waals surface area contributed by atoms with E-state index in [1.165, 1.54) is 0 Å². The van der Waals surface area contributed by atoms with Gasteiger partial charge in [-0.2, -0.15) is 5.06 Å². The Bertz CT molecular complexity index is 429. The third kappa shape index (κ3) is 12.6. The molecule has 0 aliphatic rings. The van der Waals surface area contributed by atoms with E-state index in [4.69, 9.17) is 34.1 Å². The number of nitrogens with two attached hydrogens (primary N) is 1. The van der Waals surface area contributed by atoms with Gasteiger partial charge in [-0.25, -0.2) is 0 Å². The number of primary amides is 1. The molecular weight excluding hydrogens is 347 g/mol. The molecule has 0 fully saturated rings. The first-order chi connectivity index (χ1) is 11.4. The Morgan fingerprint density at radius 2 is 1.67 bits per heavy atom. The number of hydroxylamine groups is 2.